The zero-order chi connectivity index (χ0) is 20.7. The molecule has 1 N–H and O–H groups in total. The number of esters is 1. The summed E-state index contributed by atoms with van der Waals surface area (Å²) in [5.41, 5.74) is 1.31. The number of benzene rings is 1. The molecule has 0 aliphatic rings. The van der Waals surface area contributed by atoms with Crippen molar-refractivity contribution in [3.8, 4) is 22.1 Å². The molecular formula is C18H20N2O7S. The average Bonchev–Trinajstić information content (AvgIpc) is 3.15. The van der Waals surface area contributed by atoms with Gasteiger partial charge in [-0.05, 0) is 25.1 Å². The van der Waals surface area contributed by atoms with E-state index in [1.54, 1.807) is 31.7 Å². The predicted molar refractivity (Wildman–Crippen MR) is 100 cm³/mol. The second-order valence-corrected chi connectivity index (χ2v) is 6.36. The van der Waals surface area contributed by atoms with Crippen LogP contribution in [-0.2, 0) is 25.5 Å². The number of thiazole rings is 1. The van der Waals surface area contributed by atoms with E-state index in [4.69, 9.17) is 14.2 Å². The van der Waals surface area contributed by atoms with Crippen LogP contribution >= 0.6 is 11.3 Å². The van der Waals surface area contributed by atoms with E-state index in [0.717, 1.165) is 12.7 Å². The van der Waals surface area contributed by atoms with Crippen LogP contribution < -0.4 is 14.8 Å². The Balaban J connectivity index is 2.00. The lowest BCUT2D eigenvalue weighted by atomic mass is 10.2. The average molecular weight is 408 g/mol. The molecule has 0 aliphatic carbocycles. The molecule has 28 heavy (non-hydrogen) atoms. The summed E-state index contributed by atoms with van der Waals surface area (Å²) in [6, 6.07) is 5.39. The van der Waals surface area contributed by atoms with Crippen LogP contribution in [0.1, 0.15) is 12.6 Å². The predicted octanol–water partition coefficient (Wildman–Crippen LogP) is 2.18. The van der Waals surface area contributed by atoms with Crippen LogP contribution in [-0.4, -0.2) is 50.4 Å². The molecule has 9 nitrogen and oxygen atoms in total. The van der Waals surface area contributed by atoms with Crippen molar-refractivity contribution < 1.29 is 33.3 Å². The summed E-state index contributed by atoms with van der Waals surface area (Å²) in [5, 5.41) is 4.35. The maximum absolute atomic E-state index is 12.0. The van der Waals surface area contributed by atoms with Crippen LogP contribution in [0.15, 0.2) is 23.6 Å². The number of imide groups is 1. The highest BCUT2D eigenvalue weighted by Crippen LogP contribution is 2.33. The monoisotopic (exact) mass is 408 g/mol. The van der Waals surface area contributed by atoms with Gasteiger partial charge in [-0.25, -0.2) is 9.78 Å². The van der Waals surface area contributed by atoms with Gasteiger partial charge in [0.05, 0.1) is 33.4 Å². The summed E-state index contributed by atoms with van der Waals surface area (Å²) >= 11 is 1.36. The molecule has 0 saturated carbocycles. The van der Waals surface area contributed by atoms with Crippen molar-refractivity contribution in [2.75, 3.05) is 21.3 Å². The summed E-state index contributed by atoms with van der Waals surface area (Å²) < 4.78 is 19.8. The number of hydrogen-bond acceptors (Lipinski definition) is 9. The first-order valence-electron chi connectivity index (χ1n) is 8.13. The molecule has 0 fully saturated rings. The lowest BCUT2D eigenvalue weighted by Crippen LogP contribution is -2.39. The van der Waals surface area contributed by atoms with Gasteiger partial charge in [0.2, 0.25) is 0 Å². The van der Waals surface area contributed by atoms with Gasteiger partial charge < -0.3 is 18.9 Å². The Morgan fingerprint density at radius 2 is 1.86 bits per heavy atom. The summed E-state index contributed by atoms with van der Waals surface area (Å²) in [6.45, 7) is 1.35. The van der Waals surface area contributed by atoms with Crippen molar-refractivity contribution in [3.05, 3.63) is 29.3 Å². The van der Waals surface area contributed by atoms with Gasteiger partial charge in [0.15, 0.2) is 17.6 Å². The van der Waals surface area contributed by atoms with Gasteiger partial charge in [-0.15, -0.1) is 11.3 Å². The Morgan fingerprint density at radius 3 is 2.50 bits per heavy atom. The molecule has 2 rings (SSSR count). The minimum Gasteiger partial charge on any atom is -0.493 e. The van der Waals surface area contributed by atoms with Crippen LogP contribution in [0.25, 0.3) is 10.6 Å². The van der Waals surface area contributed by atoms with Gasteiger partial charge in [-0.3, -0.25) is 14.9 Å². The number of nitrogens with zero attached hydrogens (tertiary/aromatic N) is 1. The van der Waals surface area contributed by atoms with Gasteiger partial charge in [-0.2, -0.15) is 0 Å². The van der Waals surface area contributed by atoms with Gasteiger partial charge in [0.1, 0.15) is 5.01 Å². The highest BCUT2D eigenvalue weighted by atomic mass is 32.1. The van der Waals surface area contributed by atoms with Gasteiger partial charge >= 0.3 is 12.1 Å². The normalized spacial score (nSPS) is 11.3. The van der Waals surface area contributed by atoms with Gasteiger partial charge in [-0.1, -0.05) is 0 Å². The van der Waals surface area contributed by atoms with E-state index in [1.807, 2.05) is 11.4 Å². The Labute approximate surface area is 165 Å². The topological polar surface area (TPSA) is 113 Å². The third kappa shape index (κ3) is 5.43. The highest BCUT2D eigenvalue weighted by Gasteiger charge is 2.21. The second kappa shape index (κ2) is 9.70. The highest BCUT2D eigenvalue weighted by molar-refractivity contribution is 7.13. The first-order chi connectivity index (χ1) is 13.4. The third-order valence-electron chi connectivity index (χ3n) is 3.60. The first-order valence-corrected chi connectivity index (χ1v) is 9.01. The zero-order valence-corrected chi connectivity index (χ0v) is 16.6. The van der Waals surface area contributed by atoms with E-state index in [1.165, 1.54) is 18.3 Å². The maximum Gasteiger partial charge on any atom is 0.413 e. The van der Waals surface area contributed by atoms with Crippen LogP contribution in [0.4, 0.5) is 4.79 Å². The molecule has 0 aliphatic heterocycles. The lowest BCUT2D eigenvalue weighted by Gasteiger charge is -2.11. The number of alkyl carbamates (subject to hydrolysis) is 1. The SMILES string of the molecule is COC(=O)NC(=O)[C@@H](C)OC(=O)Cc1csc(-c2ccc(OC)c(OC)c2)n1. The number of aromatic nitrogens is 1. The molecule has 1 aromatic heterocycles. The lowest BCUT2D eigenvalue weighted by molar-refractivity contribution is -0.154. The van der Waals surface area contributed by atoms with Crippen molar-refractivity contribution in [1.82, 2.24) is 10.3 Å². The molecule has 0 unspecified atom stereocenters. The molecular weight excluding hydrogens is 388 g/mol. The fraction of sp³-hybridized carbons (Fsp3) is 0.333. The Morgan fingerprint density at radius 1 is 1.14 bits per heavy atom. The minimum absolute atomic E-state index is 0.111. The van der Waals surface area contributed by atoms with E-state index in [9.17, 15) is 14.4 Å². The molecule has 0 radical (unpaired) electrons. The van der Waals surface area contributed by atoms with E-state index >= 15 is 0 Å². The van der Waals surface area contributed by atoms with Crippen molar-refractivity contribution >= 4 is 29.3 Å². The number of rotatable bonds is 7. The largest absolute Gasteiger partial charge is 0.493 e. The fourth-order valence-corrected chi connectivity index (χ4v) is 3.00. The fourth-order valence-electron chi connectivity index (χ4n) is 2.18. The third-order valence-corrected chi connectivity index (χ3v) is 4.54. The Bertz CT molecular complexity index is 865. The first kappa shape index (κ1) is 21.2. The number of hydrogen-bond donors (Lipinski definition) is 1. The van der Waals surface area contributed by atoms with E-state index in [0.29, 0.717) is 22.2 Å². The smallest absolute Gasteiger partial charge is 0.413 e. The summed E-state index contributed by atoms with van der Waals surface area (Å²) in [7, 11) is 4.22. The van der Waals surface area contributed by atoms with E-state index < -0.39 is 24.1 Å². The molecule has 10 heteroatoms. The number of carbonyl (C=O) groups excluding carboxylic acids is 3. The van der Waals surface area contributed by atoms with Gasteiger partial charge in [0, 0.05) is 10.9 Å². The molecule has 150 valence electrons. The summed E-state index contributed by atoms with van der Waals surface area (Å²) in [5.74, 6) is -0.242. The van der Waals surface area contributed by atoms with Crippen LogP contribution in [0.3, 0.4) is 0 Å². The molecule has 0 spiro atoms. The molecule has 1 atom stereocenters. The number of ether oxygens (including phenoxy) is 4. The quantitative estimate of drug-likeness (QED) is 0.694. The molecule has 0 bridgehead atoms. The zero-order valence-electron chi connectivity index (χ0n) is 15.8. The van der Waals surface area contributed by atoms with Gasteiger partial charge in [0.25, 0.3) is 5.91 Å². The maximum atomic E-state index is 12.0. The van der Waals surface area contributed by atoms with Crippen molar-refractivity contribution in [3.63, 3.8) is 0 Å². The standard InChI is InChI=1S/C18H20N2O7S/c1-10(16(22)20-18(23)26-4)27-15(21)8-12-9-28-17(19-12)11-5-6-13(24-2)14(7-11)25-3/h5-7,9-10H,8H2,1-4H3,(H,20,22,23)/t10-/m1/s1. The molecule has 2 aromatic rings. The molecule has 1 heterocycles. The van der Waals surface area contributed by atoms with Crippen LogP contribution in [0.2, 0.25) is 0 Å². The number of nitrogens with one attached hydrogen (secondary N) is 1. The number of carbonyl (C=O) groups is 3. The van der Waals surface area contributed by atoms with Crippen molar-refractivity contribution in [1.29, 1.82) is 0 Å². The molecule has 2 amide bonds. The minimum atomic E-state index is -1.14. The number of methoxy groups -OCH3 is 3. The van der Waals surface area contributed by atoms with Crippen LogP contribution in [0.5, 0.6) is 11.5 Å². The molecule has 0 saturated heterocycles. The Kier molecular flexibility index (Phi) is 7.33. The van der Waals surface area contributed by atoms with Crippen molar-refractivity contribution in [2.45, 2.75) is 19.4 Å². The summed E-state index contributed by atoms with van der Waals surface area (Å²) in [4.78, 5) is 39.1. The van der Waals surface area contributed by atoms with Crippen LogP contribution in [0, 0.1) is 0 Å². The van der Waals surface area contributed by atoms with E-state index in [-0.39, 0.29) is 6.42 Å². The Hall–Kier alpha value is -3.14. The molecule has 1 aromatic carbocycles. The summed E-state index contributed by atoms with van der Waals surface area (Å²) in [6.07, 6.45) is -2.18. The van der Waals surface area contributed by atoms with Crippen molar-refractivity contribution in [2.24, 2.45) is 0 Å². The number of amides is 2. The van der Waals surface area contributed by atoms with E-state index in [2.05, 4.69) is 9.72 Å². The second-order valence-electron chi connectivity index (χ2n) is 5.50.